The van der Waals surface area contributed by atoms with Crippen LogP contribution in [0.3, 0.4) is 0 Å². The summed E-state index contributed by atoms with van der Waals surface area (Å²) in [6.45, 7) is 3.79. The molecule has 1 aromatic carbocycles. The van der Waals surface area contributed by atoms with Gasteiger partial charge in [-0.3, -0.25) is 9.59 Å². The standard InChI is InChI=1S/C16H22N2O3/c1-12-5-6-13(14(19)11-12)16(21)17-8-7-15(20)18-9-3-2-4-10-18/h5-6,11,19H,2-4,7-10H2,1H3,(H,17,21). The van der Waals surface area contributed by atoms with Crippen molar-refractivity contribution in [3.8, 4) is 5.75 Å². The zero-order valence-corrected chi connectivity index (χ0v) is 12.4. The first-order valence-corrected chi connectivity index (χ1v) is 7.43. The van der Waals surface area contributed by atoms with Crippen LogP contribution < -0.4 is 5.32 Å². The Bertz CT molecular complexity index is 522. The van der Waals surface area contributed by atoms with Gasteiger partial charge in [-0.05, 0) is 43.9 Å². The summed E-state index contributed by atoms with van der Waals surface area (Å²) < 4.78 is 0. The molecule has 0 bridgehead atoms. The summed E-state index contributed by atoms with van der Waals surface area (Å²) in [7, 11) is 0. The number of phenolic OH excluding ortho intramolecular Hbond substituents is 1. The zero-order valence-electron chi connectivity index (χ0n) is 12.4. The lowest BCUT2D eigenvalue weighted by Gasteiger charge is -2.26. The Kier molecular flexibility index (Phi) is 5.20. The number of piperidine rings is 1. The number of rotatable bonds is 4. The lowest BCUT2D eigenvalue weighted by molar-refractivity contribution is -0.131. The number of hydrogen-bond acceptors (Lipinski definition) is 3. The number of hydrogen-bond donors (Lipinski definition) is 2. The number of phenols is 1. The number of nitrogens with zero attached hydrogens (tertiary/aromatic N) is 1. The Balaban J connectivity index is 1.79. The first kappa shape index (κ1) is 15.4. The Hall–Kier alpha value is -2.04. The largest absolute Gasteiger partial charge is 0.507 e. The van der Waals surface area contributed by atoms with E-state index in [0.717, 1.165) is 31.5 Å². The molecule has 1 saturated heterocycles. The van der Waals surface area contributed by atoms with Crippen LogP contribution in [0.5, 0.6) is 5.75 Å². The summed E-state index contributed by atoms with van der Waals surface area (Å²) in [5.41, 5.74) is 1.13. The zero-order chi connectivity index (χ0) is 15.2. The second kappa shape index (κ2) is 7.11. The van der Waals surface area contributed by atoms with E-state index in [-0.39, 0.29) is 23.1 Å². The molecule has 1 heterocycles. The van der Waals surface area contributed by atoms with Gasteiger partial charge in [0.15, 0.2) is 0 Å². The highest BCUT2D eigenvalue weighted by Crippen LogP contribution is 2.18. The van der Waals surface area contributed by atoms with Gasteiger partial charge in [0.25, 0.3) is 5.91 Å². The summed E-state index contributed by atoms with van der Waals surface area (Å²) in [6, 6.07) is 4.91. The molecule has 0 atom stereocenters. The molecule has 1 fully saturated rings. The van der Waals surface area contributed by atoms with Crippen molar-refractivity contribution in [2.45, 2.75) is 32.6 Å². The molecule has 2 amide bonds. The van der Waals surface area contributed by atoms with E-state index in [9.17, 15) is 14.7 Å². The minimum atomic E-state index is -0.348. The summed E-state index contributed by atoms with van der Waals surface area (Å²) in [5.74, 6) is -0.295. The van der Waals surface area contributed by atoms with E-state index in [1.807, 2.05) is 11.8 Å². The summed E-state index contributed by atoms with van der Waals surface area (Å²) in [4.78, 5) is 25.8. The van der Waals surface area contributed by atoms with Crippen LogP contribution in [0.2, 0.25) is 0 Å². The van der Waals surface area contributed by atoms with Crippen LogP contribution in [-0.2, 0) is 4.79 Å². The smallest absolute Gasteiger partial charge is 0.255 e. The highest BCUT2D eigenvalue weighted by Gasteiger charge is 2.17. The minimum absolute atomic E-state index is 0.0325. The molecule has 0 radical (unpaired) electrons. The van der Waals surface area contributed by atoms with Crippen LogP contribution in [0, 0.1) is 6.92 Å². The molecule has 2 N–H and O–H groups in total. The minimum Gasteiger partial charge on any atom is -0.507 e. The van der Waals surface area contributed by atoms with Crippen LogP contribution in [0.25, 0.3) is 0 Å². The Morgan fingerprint density at radius 1 is 1.24 bits per heavy atom. The van der Waals surface area contributed by atoms with Gasteiger partial charge >= 0.3 is 0 Å². The van der Waals surface area contributed by atoms with Crippen molar-refractivity contribution in [1.29, 1.82) is 0 Å². The van der Waals surface area contributed by atoms with Gasteiger partial charge in [-0.15, -0.1) is 0 Å². The second-order valence-corrected chi connectivity index (χ2v) is 5.47. The van der Waals surface area contributed by atoms with Gasteiger partial charge in [0.2, 0.25) is 5.91 Å². The monoisotopic (exact) mass is 290 g/mol. The van der Waals surface area contributed by atoms with Crippen molar-refractivity contribution in [3.05, 3.63) is 29.3 Å². The number of aryl methyl sites for hydroxylation is 1. The molecule has 0 aromatic heterocycles. The molecule has 0 unspecified atom stereocenters. The number of benzene rings is 1. The molecule has 1 aromatic rings. The fraction of sp³-hybridized carbons (Fsp3) is 0.500. The lowest BCUT2D eigenvalue weighted by atomic mass is 10.1. The number of likely N-dealkylation sites (tertiary alicyclic amines) is 1. The molecular formula is C16H22N2O3. The van der Waals surface area contributed by atoms with Crippen LogP contribution in [0.1, 0.15) is 41.6 Å². The molecule has 5 nitrogen and oxygen atoms in total. The van der Waals surface area contributed by atoms with Crippen LogP contribution in [-0.4, -0.2) is 41.5 Å². The molecule has 0 spiro atoms. The maximum absolute atomic E-state index is 12.0. The van der Waals surface area contributed by atoms with Crippen molar-refractivity contribution in [1.82, 2.24) is 10.2 Å². The van der Waals surface area contributed by atoms with E-state index in [2.05, 4.69) is 5.32 Å². The maximum atomic E-state index is 12.0. The molecule has 2 rings (SSSR count). The molecule has 21 heavy (non-hydrogen) atoms. The van der Waals surface area contributed by atoms with Gasteiger partial charge in [-0.2, -0.15) is 0 Å². The van der Waals surface area contributed by atoms with E-state index >= 15 is 0 Å². The Morgan fingerprint density at radius 2 is 1.95 bits per heavy atom. The van der Waals surface area contributed by atoms with E-state index in [0.29, 0.717) is 13.0 Å². The molecule has 114 valence electrons. The molecule has 1 aliphatic rings. The quantitative estimate of drug-likeness (QED) is 0.889. The Labute approximate surface area is 125 Å². The third kappa shape index (κ3) is 4.21. The summed E-state index contributed by atoms with van der Waals surface area (Å²) >= 11 is 0. The van der Waals surface area contributed by atoms with Crippen molar-refractivity contribution in [2.75, 3.05) is 19.6 Å². The number of amides is 2. The average Bonchev–Trinajstić information content (AvgIpc) is 2.47. The van der Waals surface area contributed by atoms with Gasteiger partial charge in [0.1, 0.15) is 5.75 Å². The van der Waals surface area contributed by atoms with Crippen LogP contribution in [0.4, 0.5) is 0 Å². The maximum Gasteiger partial charge on any atom is 0.255 e. The Morgan fingerprint density at radius 3 is 2.62 bits per heavy atom. The third-order valence-electron chi connectivity index (χ3n) is 3.73. The predicted molar refractivity (Wildman–Crippen MR) is 80.2 cm³/mol. The van der Waals surface area contributed by atoms with Crippen molar-refractivity contribution < 1.29 is 14.7 Å². The molecule has 0 saturated carbocycles. The average molecular weight is 290 g/mol. The fourth-order valence-electron chi connectivity index (χ4n) is 2.51. The highest BCUT2D eigenvalue weighted by molar-refractivity contribution is 5.97. The fourth-order valence-corrected chi connectivity index (χ4v) is 2.51. The lowest BCUT2D eigenvalue weighted by Crippen LogP contribution is -2.37. The van der Waals surface area contributed by atoms with Gasteiger partial charge in [-0.25, -0.2) is 0 Å². The van der Waals surface area contributed by atoms with Crippen LogP contribution >= 0.6 is 0 Å². The number of carbonyl (C=O) groups is 2. The summed E-state index contributed by atoms with van der Waals surface area (Å²) in [6.07, 6.45) is 3.62. The van der Waals surface area contributed by atoms with E-state index < -0.39 is 0 Å². The van der Waals surface area contributed by atoms with Gasteiger partial charge in [0, 0.05) is 26.1 Å². The van der Waals surface area contributed by atoms with Crippen LogP contribution in [0.15, 0.2) is 18.2 Å². The van der Waals surface area contributed by atoms with Gasteiger partial charge < -0.3 is 15.3 Å². The molecule has 1 aliphatic heterocycles. The van der Waals surface area contributed by atoms with Crippen molar-refractivity contribution >= 4 is 11.8 Å². The van der Waals surface area contributed by atoms with Crippen molar-refractivity contribution in [3.63, 3.8) is 0 Å². The molecule has 0 aliphatic carbocycles. The van der Waals surface area contributed by atoms with Gasteiger partial charge in [-0.1, -0.05) is 6.07 Å². The van der Waals surface area contributed by atoms with E-state index in [1.54, 1.807) is 18.2 Å². The first-order valence-electron chi connectivity index (χ1n) is 7.43. The molecular weight excluding hydrogens is 268 g/mol. The van der Waals surface area contributed by atoms with E-state index in [1.165, 1.54) is 6.42 Å². The van der Waals surface area contributed by atoms with Gasteiger partial charge in [0.05, 0.1) is 5.56 Å². The topological polar surface area (TPSA) is 69.6 Å². The highest BCUT2D eigenvalue weighted by atomic mass is 16.3. The van der Waals surface area contributed by atoms with Crippen molar-refractivity contribution in [2.24, 2.45) is 0 Å². The second-order valence-electron chi connectivity index (χ2n) is 5.47. The SMILES string of the molecule is Cc1ccc(C(=O)NCCC(=O)N2CCCCC2)c(O)c1. The third-order valence-corrected chi connectivity index (χ3v) is 3.73. The number of aromatic hydroxyl groups is 1. The number of nitrogens with one attached hydrogen (secondary N) is 1. The summed E-state index contributed by atoms with van der Waals surface area (Å²) in [5, 5.41) is 12.4. The predicted octanol–water partition coefficient (Wildman–Crippen LogP) is 1.83. The molecule has 5 heteroatoms. The number of carbonyl (C=O) groups excluding carboxylic acids is 2. The first-order chi connectivity index (χ1) is 10.1. The normalized spacial score (nSPS) is 14.8. The van der Waals surface area contributed by atoms with E-state index in [4.69, 9.17) is 0 Å².